The molecule has 0 aliphatic rings. The van der Waals surface area contributed by atoms with Crippen LogP contribution in [-0.2, 0) is 12.8 Å². The maximum Gasteiger partial charge on any atom is 0.519 e. The zero-order chi connectivity index (χ0) is 16.1. The summed E-state index contributed by atoms with van der Waals surface area (Å²) in [7, 11) is 0. The summed E-state index contributed by atoms with van der Waals surface area (Å²) in [5, 5.41) is 0. The van der Waals surface area contributed by atoms with Gasteiger partial charge < -0.3 is 9.47 Å². The number of carbonyl (C=O) groups excluding carboxylic acids is 1. The van der Waals surface area contributed by atoms with Crippen LogP contribution >= 0.6 is 31.9 Å². The van der Waals surface area contributed by atoms with Gasteiger partial charge in [-0.1, -0.05) is 26.0 Å². The lowest BCUT2D eigenvalue weighted by Crippen LogP contribution is -2.14. The fourth-order valence-corrected chi connectivity index (χ4v) is 2.91. The Morgan fingerprint density at radius 3 is 1.59 bits per heavy atom. The first-order valence-electron chi connectivity index (χ1n) is 7.00. The quantitative estimate of drug-likeness (QED) is 0.449. The molecular weight excluding hydrogens is 412 g/mol. The molecule has 116 valence electrons. The topological polar surface area (TPSA) is 35.5 Å². The second kappa shape index (κ2) is 7.79. The second-order valence-electron chi connectivity index (χ2n) is 4.69. The van der Waals surface area contributed by atoms with E-state index in [0.29, 0.717) is 11.5 Å². The van der Waals surface area contributed by atoms with Crippen molar-refractivity contribution in [2.24, 2.45) is 0 Å². The molecule has 0 radical (unpaired) electrons. The Labute approximate surface area is 146 Å². The third kappa shape index (κ3) is 4.34. The molecule has 0 unspecified atom stereocenters. The fourth-order valence-electron chi connectivity index (χ4n) is 1.89. The van der Waals surface area contributed by atoms with Crippen LogP contribution in [0.2, 0.25) is 0 Å². The number of rotatable bonds is 4. The van der Waals surface area contributed by atoms with E-state index in [1.54, 1.807) is 12.1 Å². The van der Waals surface area contributed by atoms with Gasteiger partial charge in [0, 0.05) is 0 Å². The first-order valence-corrected chi connectivity index (χ1v) is 8.58. The summed E-state index contributed by atoms with van der Waals surface area (Å²) >= 11 is 6.79. The smallest absolute Gasteiger partial charge is 0.394 e. The van der Waals surface area contributed by atoms with Crippen LogP contribution in [-0.4, -0.2) is 6.16 Å². The van der Waals surface area contributed by atoms with Crippen LogP contribution in [0, 0.1) is 0 Å². The van der Waals surface area contributed by atoms with Gasteiger partial charge in [-0.15, -0.1) is 0 Å². The van der Waals surface area contributed by atoms with Gasteiger partial charge in [-0.2, -0.15) is 0 Å². The summed E-state index contributed by atoms with van der Waals surface area (Å²) in [5.74, 6) is 0.868. The summed E-state index contributed by atoms with van der Waals surface area (Å²) in [5.41, 5.74) is 2.32. The zero-order valence-corrected chi connectivity index (χ0v) is 15.5. The first kappa shape index (κ1) is 17.0. The molecule has 0 atom stereocenters. The Hall–Kier alpha value is -1.33. The molecule has 0 fully saturated rings. The molecule has 0 heterocycles. The number of carbonyl (C=O) groups is 1. The SMILES string of the molecule is CCc1ccc(OC(=O)Oc2ccc(CC)cc2Br)c(Br)c1. The Kier molecular flexibility index (Phi) is 6.03. The molecule has 0 saturated heterocycles. The van der Waals surface area contributed by atoms with Crippen molar-refractivity contribution in [2.75, 3.05) is 0 Å². The molecule has 22 heavy (non-hydrogen) atoms. The van der Waals surface area contributed by atoms with Gasteiger partial charge in [0.2, 0.25) is 0 Å². The van der Waals surface area contributed by atoms with Crippen LogP contribution in [0.15, 0.2) is 45.3 Å². The highest BCUT2D eigenvalue weighted by atomic mass is 79.9. The van der Waals surface area contributed by atoms with E-state index in [1.165, 1.54) is 0 Å². The Morgan fingerprint density at radius 1 is 0.864 bits per heavy atom. The van der Waals surface area contributed by atoms with Gasteiger partial charge >= 0.3 is 6.16 Å². The molecule has 2 aromatic carbocycles. The van der Waals surface area contributed by atoms with Crippen molar-refractivity contribution < 1.29 is 14.3 Å². The molecule has 0 spiro atoms. The van der Waals surface area contributed by atoms with Gasteiger partial charge in [-0.25, -0.2) is 4.79 Å². The lowest BCUT2D eigenvalue weighted by molar-refractivity contribution is 0.151. The molecule has 0 aliphatic carbocycles. The van der Waals surface area contributed by atoms with Crippen molar-refractivity contribution in [2.45, 2.75) is 26.7 Å². The molecule has 2 rings (SSSR count). The van der Waals surface area contributed by atoms with Gasteiger partial charge in [0.15, 0.2) is 0 Å². The van der Waals surface area contributed by atoms with Crippen LogP contribution in [0.1, 0.15) is 25.0 Å². The summed E-state index contributed by atoms with van der Waals surface area (Å²) in [6.45, 7) is 4.13. The maximum atomic E-state index is 11.9. The van der Waals surface area contributed by atoms with Crippen molar-refractivity contribution in [3.05, 3.63) is 56.5 Å². The monoisotopic (exact) mass is 426 g/mol. The summed E-state index contributed by atoms with van der Waals surface area (Å²) < 4.78 is 11.9. The molecule has 0 saturated carbocycles. The third-order valence-electron chi connectivity index (χ3n) is 3.20. The van der Waals surface area contributed by atoms with E-state index in [-0.39, 0.29) is 0 Å². The van der Waals surface area contributed by atoms with E-state index in [1.807, 2.05) is 24.3 Å². The molecule has 0 amide bonds. The van der Waals surface area contributed by atoms with Crippen molar-refractivity contribution in [1.82, 2.24) is 0 Å². The van der Waals surface area contributed by atoms with Gasteiger partial charge in [0.1, 0.15) is 11.5 Å². The molecule has 2 aromatic rings. The Morgan fingerprint density at radius 2 is 1.27 bits per heavy atom. The first-order chi connectivity index (χ1) is 10.5. The Balaban J connectivity index is 2.07. The largest absolute Gasteiger partial charge is 0.519 e. The number of aryl methyl sites for hydroxylation is 2. The van der Waals surface area contributed by atoms with Gasteiger partial charge in [0.05, 0.1) is 8.95 Å². The minimum atomic E-state index is -0.769. The predicted molar refractivity (Wildman–Crippen MR) is 93.7 cm³/mol. The molecule has 0 aliphatic heterocycles. The van der Waals surface area contributed by atoms with Crippen molar-refractivity contribution in [3.8, 4) is 11.5 Å². The molecule has 0 bridgehead atoms. The van der Waals surface area contributed by atoms with Crippen molar-refractivity contribution >= 4 is 38.0 Å². The van der Waals surface area contributed by atoms with Gasteiger partial charge in [-0.3, -0.25) is 0 Å². The standard InChI is InChI=1S/C17H16Br2O3/c1-3-11-5-7-15(13(18)9-11)21-17(20)22-16-8-6-12(4-2)10-14(16)19/h5-10H,3-4H2,1-2H3. The van der Waals surface area contributed by atoms with Gasteiger partial charge in [0.25, 0.3) is 0 Å². The minimum absolute atomic E-state index is 0.434. The molecule has 0 N–H and O–H groups in total. The number of hydrogen-bond acceptors (Lipinski definition) is 3. The maximum absolute atomic E-state index is 11.9. The normalized spacial score (nSPS) is 10.4. The number of hydrogen-bond donors (Lipinski definition) is 0. The van der Waals surface area contributed by atoms with E-state index in [2.05, 4.69) is 45.7 Å². The van der Waals surface area contributed by atoms with Crippen LogP contribution in [0.25, 0.3) is 0 Å². The van der Waals surface area contributed by atoms with Crippen LogP contribution in [0.5, 0.6) is 11.5 Å². The average molecular weight is 428 g/mol. The molecule has 5 heteroatoms. The number of halogens is 2. The van der Waals surface area contributed by atoms with E-state index >= 15 is 0 Å². The highest BCUT2D eigenvalue weighted by Crippen LogP contribution is 2.29. The van der Waals surface area contributed by atoms with E-state index in [0.717, 1.165) is 32.9 Å². The van der Waals surface area contributed by atoms with Crippen molar-refractivity contribution in [1.29, 1.82) is 0 Å². The Bertz CT molecular complexity index is 626. The minimum Gasteiger partial charge on any atom is -0.394 e. The zero-order valence-electron chi connectivity index (χ0n) is 12.4. The van der Waals surface area contributed by atoms with Crippen molar-refractivity contribution in [3.63, 3.8) is 0 Å². The highest BCUT2D eigenvalue weighted by Gasteiger charge is 2.13. The van der Waals surface area contributed by atoms with E-state index in [9.17, 15) is 4.79 Å². The summed E-state index contributed by atoms with van der Waals surface area (Å²) in [6, 6.07) is 11.2. The second-order valence-corrected chi connectivity index (χ2v) is 6.40. The summed E-state index contributed by atoms with van der Waals surface area (Å²) in [4.78, 5) is 11.9. The van der Waals surface area contributed by atoms with Crippen LogP contribution < -0.4 is 9.47 Å². The molecule has 0 aromatic heterocycles. The third-order valence-corrected chi connectivity index (χ3v) is 4.44. The highest BCUT2D eigenvalue weighted by molar-refractivity contribution is 9.10. The average Bonchev–Trinajstić information content (AvgIpc) is 2.51. The summed E-state index contributed by atoms with van der Waals surface area (Å²) in [6.07, 6.45) is 1.06. The lowest BCUT2D eigenvalue weighted by atomic mass is 10.2. The van der Waals surface area contributed by atoms with Crippen LogP contribution in [0.4, 0.5) is 4.79 Å². The van der Waals surface area contributed by atoms with Gasteiger partial charge in [-0.05, 0) is 80.1 Å². The predicted octanol–water partition coefficient (Wildman–Crippen LogP) is 5.91. The van der Waals surface area contributed by atoms with E-state index < -0.39 is 6.16 Å². The van der Waals surface area contributed by atoms with E-state index in [4.69, 9.17) is 9.47 Å². The number of benzene rings is 2. The lowest BCUT2D eigenvalue weighted by Gasteiger charge is -2.10. The fraction of sp³-hybridized carbons (Fsp3) is 0.235. The molecule has 3 nitrogen and oxygen atoms in total. The van der Waals surface area contributed by atoms with Crippen LogP contribution in [0.3, 0.4) is 0 Å². The number of ether oxygens (including phenoxy) is 2. The molecular formula is C17H16Br2O3.